The summed E-state index contributed by atoms with van der Waals surface area (Å²) in [7, 11) is 0. The Morgan fingerprint density at radius 2 is 2.16 bits per heavy atom. The first-order valence-corrected chi connectivity index (χ1v) is 5.74. The van der Waals surface area contributed by atoms with Crippen molar-refractivity contribution in [2.45, 2.75) is 24.5 Å². The number of hydrogen-bond donors (Lipinski definition) is 3. The highest BCUT2D eigenvalue weighted by atomic mass is 16.6. The van der Waals surface area contributed by atoms with Crippen LogP contribution in [0.15, 0.2) is 18.6 Å². The summed E-state index contributed by atoms with van der Waals surface area (Å²) in [6.07, 6.45) is 0.548. The second-order valence-electron chi connectivity index (χ2n) is 4.37. The average molecular weight is 264 g/mol. The van der Waals surface area contributed by atoms with Gasteiger partial charge in [-0.25, -0.2) is 4.52 Å². The number of aromatic nitrogens is 3. The first-order valence-electron chi connectivity index (χ1n) is 5.74. The summed E-state index contributed by atoms with van der Waals surface area (Å²) in [4.78, 5) is 0. The summed E-state index contributed by atoms with van der Waals surface area (Å²) in [5.41, 5.74) is 0.806. The van der Waals surface area contributed by atoms with E-state index in [4.69, 9.17) is 15.1 Å². The Balaban J connectivity index is 2.06. The molecule has 19 heavy (non-hydrogen) atoms. The molecule has 3 N–H and O–H groups in total. The fourth-order valence-electron chi connectivity index (χ4n) is 2.32. The molecule has 2 aromatic rings. The third kappa shape index (κ3) is 1.64. The van der Waals surface area contributed by atoms with E-state index in [9.17, 15) is 10.2 Å². The van der Waals surface area contributed by atoms with Gasteiger partial charge < -0.3 is 24.6 Å². The minimum absolute atomic E-state index is 0.336. The number of hydrogen-bond acceptors (Lipinski definition) is 6. The van der Waals surface area contributed by atoms with E-state index in [0.717, 1.165) is 0 Å². The van der Waals surface area contributed by atoms with Crippen molar-refractivity contribution in [3.8, 4) is 6.07 Å². The van der Waals surface area contributed by atoms with Crippen LogP contribution in [0.1, 0.15) is 11.8 Å². The molecule has 1 aliphatic rings. The highest BCUT2D eigenvalue weighted by Gasteiger charge is 2.43. The quantitative estimate of drug-likeness (QED) is 0.615. The SMILES string of the molecule is N#Cc1cnn2ccn([C@H]3O[C@@H](CO)[C@@H](O)[C@@H]3O)c12. The predicted octanol–water partition coefficient (Wildman–Crippen LogP) is -1.38. The summed E-state index contributed by atoms with van der Waals surface area (Å²) in [6, 6.07) is 2.00. The number of ether oxygens (including phenoxy) is 1. The van der Waals surface area contributed by atoms with Gasteiger partial charge in [0, 0.05) is 12.4 Å². The van der Waals surface area contributed by atoms with Crippen LogP contribution in [0, 0.1) is 11.3 Å². The van der Waals surface area contributed by atoms with Crippen LogP contribution in [0.2, 0.25) is 0 Å². The molecule has 0 aromatic carbocycles. The van der Waals surface area contributed by atoms with Gasteiger partial charge in [0.25, 0.3) is 0 Å². The van der Waals surface area contributed by atoms with Crippen LogP contribution >= 0.6 is 0 Å². The molecule has 2 aromatic heterocycles. The molecule has 0 amide bonds. The number of rotatable bonds is 2. The molecule has 0 spiro atoms. The van der Waals surface area contributed by atoms with E-state index < -0.39 is 31.1 Å². The van der Waals surface area contributed by atoms with Gasteiger partial charge in [-0.3, -0.25) is 0 Å². The van der Waals surface area contributed by atoms with Crippen LogP contribution in [0.5, 0.6) is 0 Å². The van der Waals surface area contributed by atoms with Gasteiger partial charge in [0.15, 0.2) is 11.9 Å². The highest BCUT2D eigenvalue weighted by Crippen LogP contribution is 2.31. The Morgan fingerprint density at radius 3 is 2.79 bits per heavy atom. The molecule has 0 radical (unpaired) electrons. The molecule has 3 heterocycles. The first kappa shape index (κ1) is 12.1. The standard InChI is InChI=1S/C11H12N4O4/c12-3-6-4-13-15-2-1-14(10(6)15)11-9(18)8(17)7(5-16)19-11/h1-2,4,7-9,11,16-18H,5H2/t7-,8+,9-,11-/m0/s1. The fourth-order valence-corrected chi connectivity index (χ4v) is 2.32. The normalized spacial score (nSPS) is 30.8. The molecule has 0 aliphatic carbocycles. The maximum absolute atomic E-state index is 9.97. The maximum Gasteiger partial charge on any atom is 0.164 e. The molecule has 4 atom stereocenters. The molecule has 1 fully saturated rings. The van der Waals surface area contributed by atoms with E-state index in [1.807, 2.05) is 6.07 Å². The third-order valence-electron chi connectivity index (χ3n) is 3.29. The number of fused-ring (bicyclic) bond motifs is 1. The summed E-state index contributed by atoms with van der Waals surface area (Å²) in [6.45, 7) is -0.392. The molecule has 8 heteroatoms. The number of nitrogens with zero attached hydrogens (tertiary/aromatic N) is 4. The van der Waals surface area contributed by atoms with Crippen LogP contribution in [-0.4, -0.2) is 54.4 Å². The average Bonchev–Trinajstić information content (AvgIpc) is 3.06. The largest absolute Gasteiger partial charge is 0.394 e. The van der Waals surface area contributed by atoms with E-state index in [1.165, 1.54) is 15.3 Å². The minimum Gasteiger partial charge on any atom is -0.394 e. The molecule has 0 saturated carbocycles. The minimum atomic E-state index is -1.19. The summed E-state index contributed by atoms with van der Waals surface area (Å²) < 4.78 is 8.42. The number of aliphatic hydroxyl groups is 3. The van der Waals surface area contributed by atoms with Crippen molar-refractivity contribution in [1.82, 2.24) is 14.2 Å². The Morgan fingerprint density at radius 1 is 1.37 bits per heavy atom. The molecular weight excluding hydrogens is 252 g/mol. The van der Waals surface area contributed by atoms with Gasteiger partial charge in [-0.2, -0.15) is 10.4 Å². The summed E-state index contributed by atoms with van der Waals surface area (Å²) in [5.74, 6) is 0. The predicted molar refractivity (Wildman–Crippen MR) is 60.9 cm³/mol. The van der Waals surface area contributed by atoms with Crippen molar-refractivity contribution in [2.75, 3.05) is 6.61 Å². The molecule has 100 valence electrons. The Labute approximate surface area is 107 Å². The van der Waals surface area contributed by atoms with Crippen molar-refractivity contribution in [3.05, 3.63) is 24.2 Å². The number of imidazole rings is 1. The van der Waals surface area contributed by atoms with Crippen molar-refractivity contribution >= 4 is 5.65 Å². The van der Waals surface area contributed by atoms with Crippen LogP contribution < -0.4 is 0 Å². The molecule has 1 aliphatic heterocycles. The molecular formula is C11H12N4O4. The fraction of sp³-hybridized carbons (Fsp3) is 0.455. The zero-order valence-electron chi connectivity index (χ0n) is 9.79. The lowest BCUT2D eigenvalue weighted by Gasteiger charge is -2.16. The molecule has 1 saturated heterocycles. The number of aliphatic hydroxyl groups excluding tert-OH is 3. The lowest BCUT2D eigenvalue weighted by atomic mass is 10.1. The van der Waals surface area contributed by atoms with Gasteiger partial charge in [-0.15, -0.1) is 0 Å². The van der Waals surface area contributed by atoms with E-state index >= 15 is 0 Å². The van der Waals surface area contributed by atoms with Crippen LogP contribution in [0.25, 0.3) is 5.65 Å². The second-order valence-corrected chi connectivity index (χ2v) is 4.37. The smallest absolute Gasteiger partial charge is 0.164 e. The van der Waals surface area contributed by atoms with Crippen molar-refractivity contribution < 1.29 is 20.1 Å². The van der Waals surface area contributed by atoms with Gasteiger partial charge in [-0.05, 0) is 0 Å². The van der Waals surface area contributed by atoms with Gasteiger partial charge >= 0.3 is 0 Å². The van der Waals surface area contributed by atoms with Gasteiger partial charge in [0.05, 0.1) is 12.8 Å². The van der Waals surface area contributed by atoms with Crippen LogP contribution in [0.4, 0.5) is 0 Å². The highest BCUT2D eigenvalue weighted by molar-refractivity contribution is 5.55. The van der Waals surface area contributed by atoms with Crippen LogP contribution in [-0.2, 0) is 4.74 Å². The van der Waals surface area contributed by atoms with Crippen molar-refractivity contribution in [3.63, 3.8) is 0 Å². The molecule has 0 bridgehead atoms. The topological polar surface area (TPSA) is 116 Å². The van der Waals surface area contributed by atoms with E-state index in [0.29, 0.717) is 11.2 Å². The van der Waals surface area contributed by atoms with Crippen LogP contribution in [0.3, 0.4) is 0 Å². The Hall–Kier alpha value is -1.92. The van der Waals surface area contributed by atoms with Crippen molar-refractivity contribution in [2.24, 2.45) is 0 Å². The summed E-state index contributed by atoms with van der Waals surface area (Å²) >= 11 is 0. The van der Waals surface area contributed by atoms with E-state index in [2.05, 4.69) is 5.10 Å². The van der Waals surface area contributed by atoms with Crippen molar-refractivity contribution in [1.29, 1.82) is 5.26 Å². The van der Waals surface area contributed by atoms with Gasteiger partial charge in [-0.1, -0.05) is 0 Å². The Kier molecular flexibility index (Phi) is 2.76. The first-order chi connectivity index (χ1) is 9.17. The maximum atomic E-state index is 9.97. The molecule has 0 unspecified atom stereocenters. The Bertz CT molecular complexity index is 643. The van der Waals surface area contributed by atoms with Gasteiger partial charge in [0.1, 0.15) is 29.9 Å². The monoisotopic (exact) mass is 264 g/mol. The molecule has 8 nitrogen and oxygen atoms in total. The lowest BCUT2D eigenvalue weighted by molar-refractivity contribution is -0.0508. The third-order valence-corrected chi connectivity index (χ3v) is 3.29. The summed E-state index contributed by atoms with van der Waals surface area (Å²) in [5, 5.41) is 41.8. The number of nitriles is 1. The van der Waals surface area contributed by atoms with E-state index in [-0.39, 0.29) is 0 Å². The van der Waals surface area contributed by atoms with Gasteiger partial charge in [0.2, 0.25) is 0 Å². The zero-order chi connectivity index (χ0) is 13.6. The second kappa shape index (κ2) is 4.32. The van der Waals surface area contributed by atoms with E-state index in [1.54, 1.807) is 12.4 Å². The lowest BCUT2D eigenvalue weighted by Crippen LogP contribution is -2.33. The zero-order valence-corrected chi connectivity index (χ0v) is 9.79. The molecule has 3 rings (SSSR count).